The molecule has 0 unspecified atom stereocenters. The van der Waals surface area contributed by atoms with Crippen LogP contribution in [-0.2, 0) is 11.3 Å². The van der Waals surface area contributed by atoms with Crippen molar-refractivity contribution in [3.8, 4) is 17.0 Å². The number of carbonyl (C=O) groups excluding carboxylic acids is 1. The molecule has 0 spiro atoms. The molecule has 3 rings (SSSR count). The fraction of sp³-hybridized carbons (Fsp3) is 0.150. The Kier molecular flexibility index (Phi) is 5.93. The molecule has 0 aliphatic rings. The van der Waals surface area contributed by atoms with Gasteiger partial charge >= 0.3 is 0 Å². The van der Waals surface area contributed by atoms with E-state index in [-0.39, 0.29) is 18.0 Å². The van der Waals surface area contributed by atoms with Crippen molar-refractivity contribution >= 4 is 23.4 Å². The highest BCUT2D eigenvalue weighted by molar-refractivity contribution is 7.98. The molecule has 1 heterocycles. The number of aromatic nitrogens is 2. The fourth-order valence-electron chi connectivity index (χ4n) is 2.57. The molecule has 0 radical (unpaired) electrons. The molecule has 0 bridgehead atoms. The first-order chi connectivity index (χ1) is 13.1. The first-order valence-corrected chi connectivity index (χ1v) is 9.48. The standard InChI is InChI=1S/C20H19N3O3S/c1-26-15-7-5-6-14(12-15)16-10-11-20(25)23(22-16)13-19(24)21-17-8-3-4-9-18(17)27-2/h3-12H,13H2,1-2H3,(H,21,24). The number of benzene rings is 2. The smallest absolute Gasteiger partial charge is 0.267 e. The van der Waals surface area contributed by atoms with Gasteiger partial charge in [-0.1, -0.05) is 24.3 Å². The van der Waals surface area contributed by atoms with Gasteiger partial charge in [-0.15, -0.1) is 11.8 Å². The summed E-state index contributed by atoms with van der Waals surface area (Å²) in [6.07, 6.45) is 1.94. The summed E-state index contributed by atoms with van der Waals surface area (Å²) in [6.45, 7) is -0.167. The van der Waals surface area contributed by atoms with Crippen molar-refractivity contribution in [3.05, 3.63) is 71.0 Å². The van der Waals surface area contributed by atoms with Crippen molar-refractivity contribution in [2.24, 2.45) is 0 Å². The lowest BCUT2D eigenvalue weighted by atomic mass is 10.1. The molecule has 0 aliphatic heterocycles. The number of para-hydroxylation sites is 1. The number of ether oxygens (including phenoxy) is 1. The Hall–Kier alpha value is -3.06. The van der Waals surface area contributed by atoms with E-state index in [2.05, 4.69) is 10.4 Å². The third kappa shape index (κ3) is 4.57. The molecular weight excluding hydrogens is 362 g/mol. The molecule has 1 amide bonds. The van der Waals surface area contributed by atoms with Crippen LogP contribution in [0.2, 0.25) is 0 Å². The summed E-state index contributed by atoms with van der Waals surface area (Å²) in [5, 5.41) is 7.16. The van der Waals surface area contributed by atoms with E-state index in [4.69, 9.17) is 4.74 Å². The van der Waals surface area contributed by atoms with Crippen molar-refractivity contribution in [3.63, 3.8) is 0 Å². The zero-order valence-corrected chi connectivity index (χ0v) is 15.8. The Labute approximate surface area is 161 Å². The van der Waals surface area contributed by atoms with Crippen LogP contribution in [0.1, 0.15) is 0 Å². The van der Waals surface area contributed by atoms with E-state index in [1.54, 1.807) is 13.2 Å². The van der Waals surface area contributed by atoms with Gasteiger partial charge in [0.05, 0.1) is 18.5 Å². The van der Waals surface area contributed by atoms with Crippen LogP contribution in [0, 0.1) is 0 Å². The first kappa shape index (κ1) is 18.7. The van der Waals surface area contributed by atoms with Crippen LogP contribution < -0.4 is 15.6 Å². The minimum Gasteiger partial charge on any atom is -0.497 e. The Morgan fingerprint density at radius 2 is 1.96 bits per heavy atom. The van der Waals surface area contributed by atoms with Crippen LogP contribution in [0.4, 0.5) is 5.69 Å². The zero-order valence-electron chi connectivity index (χ0n) is 15.0. The van der Waals surface area contributed by atoms with E-state index in [1.165, 1.54) is 17.8 Å². The van der Waals surface area contributed by atoms with E-state index in [9.17, 15) is 9.59 Å². The number of hydrogen-bond donors (Lipinski definition) is 1. The monoisotopic (exact) mass is 381 g/mol. The van der Waals surface area contributed by atoms with Crippen molar-refractivity contribution in [1.29, 1.82) is 0 Å². The van der Waals surface area contributed by atoms with Crippen LogP contribution in [0.5, 0.6) is 5.75 Å². The number of rotatable bonds is 6. The predicted octanol–water partition coefficient (Wildman–Crippen LogP) is 3.28. The van der Waals surface area contributed by atoms with Gasteiger partial charge in [0.2, 0.25) is 5.91 Å². The van der Waals surface area contributed by atoms with Crippen molar-refractivity contribution in [2.75, 3.05) is 18.7 Å². The highest BCUT2D eigenvalue weighted by atomic mass is 32.2. The Balaban J connectivity index is 1.82. The summed E-state index contributed by atoms with van der Waals surface area (Å²) in [5.41, 5.74) is 1.77. The molecule has 138 valence electrons. The number of nitrogens with zero attached hydrogens (tertiary/aromatic N) is 2. The second-order valence-electron chi connectivity index (χ2n) is 5.69. The van der Waals surface area contributed by atoms with Gasteiger partial charge in [-0.05, 0) is 36.6 Å². The second kappa shape index (κ2) is 8.55. The Morgan fingerprint density at radius 3 is 2.74 bits per heavy atom. The number of thioether (sulfide) groups is 1. The summed E-state index contributed by atoms with van der Waals surface area (Å²) in [5.74, 6) is 0.382. The second-order valence-corrected chi connectivity index (χ2v) is 6.54. The van der Waals surface area contributed by atoms with Crippen LogP contribution >= 0.6 is 11.8 Å². The van der Waals surface area contributed by atoms with Crippen LogP contribution in [-0.4, -0.2) is 29.1 Å². The molecule has 0 saturated carbocycles. The number of carbonyl (C=O) groups is 1. The van der Waals surface area contributed by atoms with E-state index < -0.39 is 0 Å². The van der Waals surface area contributed by atoms with Gasteiger partial charge in [0.1, 0.15) is 12.3 Å². The average Bonchev–Trinajstić information content (AvgIpc) is 2.70. The first-order valence-electron chi connectivity index (χ1n) is 8.26. The SMILES string of the molecule is COc1cccc(-c2ccc(=O)n(CC(=O)Nc3ccccc3SC)n2)c1. The molecule has 1 aromatic heterocycles. The molecule has 2 aromatic carbocycles. The van der Waals surface area contributed by atoms with E-state index in [0.29, 0.717) is 17.1 Å². The quantitative estimate of drug-likeness (QED) is 0.664. The van der Waals surface area contributed by atoms with Crippen LogP contribution in [0.3, 0.4) is 0 Å². The summed E-state index contributed by atoms with van der Waals surface area (Å²) >= 11 is 1.54. The molecule has 0 aliphatic carbocycles. The van der Waals surface area contributed by atoms with Crippen molar-refractivity contribution < 1.29 is 9.53 Å². The predicted molar refractivity (Wildman–Crippen MR) is 107 cm³/mol. The Bertz CT molecular complexity index is 1020. The molecule has 1 N–H and O–H groups in total. The van der Waals surface area contributed by atoms with Gasteiger partial charge in [0, 0.05) is 16.5 Å². The fourth-order valence-corrected chi connectivity index (χ4v) is 3.13. The molecule has 7 heteroatoms. The molecular formula is C20H19N3O3S. The molecule has 6 nitrogen and oxygen atoms in total. The van der Waals surface area contributed by atoms with E-state index in [1.807, 2.05) is 54.8 Å². The van der Waals surface area contributed by atoms with Gasteiger partial charge in [-0.25, -0.2) is 4.68 Å². The largest absolute Gasteiger partial charge is 0.497 e. The summed E-state index contributed by atoms with van der Waals surface area (Å²) in [6, 6.07) is 17.9. The van der Waals surface area contributed by atoms with Gasteiger partial charge < -0.3 is 10.1 Å². The van der Waals surface area contributed by atoms with E-state index >= 15 is 0 Å². The van der Waals surface area contributed by atoms with Gasteiger partial charge in [0.15, 0.2) is 0 Å². The number of methoxy groups -OCH3 is 1. The summed E-state index contributed by atoms with van der Waals surface area (Å²) in [7, 11) is 1.59. The number of hydrogen-bond acceptors (Lipinski definition) is 5. The van der Waals surface area contributed by atoms with Crippen molar-refractivity contribution in [1.82, 2.24) is 9.78 Å². The average molecular weight is 381 g/mol. The van der Waals surface area contributed by atoms with Gasteiger partial charge in [-0.3, -0.25) is 9.59 Å². The molecule has 0 fully saturated rings. The summed E-state index contributed by atoms with van der Waals surface area (Å²) < 4.78 is 6.38. The van der Waals surface area contributed by atoms with Crippen LogP contribution in [0.25, 0.3) is 11.3 Å². The van der Waals surface area contributed by atoms with Crippen molar-refractivity contribution in [2.45, 2.75) is 11.4 Å². The highest BCUT2D eigenvalue weighted by Crippen LogP contribution is 2.24. The molecule has 27 heavy (non-hydrogen) atoms. The maximum absolute atomic E-state index is 12.4. The topological polar surface area (TPSA) is 73.2 Å². The number of amides is 1. The maximum atomic E-state index is 12.4. The third-order valence-electron chi connectivity index (χ3n) is 3.91. The molecule has 3 aromatic rings. The minimum absolute atomic E-state index is 0.167. The Morgan fingerprint density at radius 1 is 1.15 bits per heavy atom. The maximum Gasteiger partial charge on any atom is 0.267 e. The minimum atomic E-state index is -0.338. The third-order valence-corrected chi connectivity index (χ3v) is 4.70. The number of anilines is 1. The lowest BCUT2D eigenvalue weighted by Gasteiger charge is -2.11. The molecule has 0 saturated heterocycles. The normalized spacial score (nSPS) is 10.4. The van der Waals surface area contributed by atoms with Crippen LogP contribution in [0.15, 0.2) is 70.4 Å². The number of nitrogens with one attached hydrogen (secondary N) is 1. The lowest BCUT2D eigenvalue weighted by molar-refractivity contribution is -0.117. The zero-order chi connectivity index (χ0) is 19.2. The highest BCUT2D eigenvalue weighted by Gasteiger charge is 2.10. The lowest BCUT2D eigenvalue weighted by Crippen LogP contribution is -2.29. The summed E-state index contributed by atoms with van der Waals surface area (Å²) in [4.78, 5) is 25.5. The molecule has 0 atom stereocenters. The van der Waals surface area contributed by atoms with Gasteiger partial charge in [0.25, 0.3) is 5.56 Å². The van der Waals surface area contributed by atoms with E-state index in [0.717, 1.165) is 15.1 Å². The van der Waals surface area contributed by atoms with Gasteiger partial charge in [-0.2, -0.15) is 5.10 Å².